The molecular weight excluding hydrogens is 449 g/mol. The van der Waals surface area contributed by atoms with Gasteiger partial charge in [0.2, 0.25) is 0 Å². The molecule has 6 nitrogen and oxygen atoms in total. The smallest absolute Gasteiger partial charge is 0.161 e. The number of nitrogens with zero attached hydrogens (tertiary/aromatic N) is 4. The van der Waals surface area contributed by atoms with Gasteiger partial charge in [-0.3, -0.25) is 9.69 Å². The molecule has 1 aromatic carbocycles. The summed E-state index contributed by atoms with van der Waals surface area (Å²) in [7, 11) is 0. The summed E-state index contributed by atoms with van der Waals surface area (Å²) in [6.07, 6.45) is 4.11. The molecule has 8 heteroatoms. The Bertz CT molecular complexity index is 1420. The Kier molecular flexibility index (Phi) is 4.13. The molecular formula is C26H22FN5OS. The highest BCUT2D eigenvalue weighted by Gasteiger charge is 2.46. The van der Waals surface area contributed by atoms with Crippen molar-refractivity contribution in [2.75, 3.05) is 22.9 Å². The Balaban J connectivity index is 1.52. The van der Waals surface area contributed by atoms with Gasteiger partial charge in [-0.15, -0.1) is 0 Å². The van der Waals surface area contributed by atoms with Gasteiger partial charge >= 0.3 is 0 Å². The number of hydrogen-bond donors (Lipinski definition) is 1. The number of nitriles is 1. The first-order chi connectivity index (χ1) is 16.6. The number of ketones is 1. The maximum atomic E-state index is 14.2. The van der Waals surface area contributed by atoms with Crippen LogP contribution in [0.5, 0.6) is 0 Å². The van der Waals surface area contributed by atoms with Crippen molar-refractivity contribution in [3.63, 3.8) is 0 Å². The summed E-state index contributed by atoms with van der Waals surface area (Å²) in [6.45, 7) is 2.10. The number of benzene rings is 1. The molecule has 6 heterocycles. The molecule has 0 amide bonds. The maximum absolute atomic E-state index is 14.2. The molecule has 8 rings (SSSR count). The molecule has 5 aliphatic heterocycles. The Labute approximate surface area is 200 Å². The molecule has 1 saturated heterocycles. The largest absolute Gasteiger partial charge is 0.383 e. The van der Waals surface area contributed by atoms with Crippen molar-refractivity contribution < 1.29 is 9.18 Å². The number of piperidine rings is 1. The van der Waals surface area contributed by atoms with Crippen LogP contribution >= 0.6 is 11.3 Å². The SMILES string of the molecule is N#CC1=C2N=C(N)c3c(sc4c3C3CCN4CC3)N2C2=C(C(=O)CCC2)[C@@H]1c1cccc(F)c1. The van der Waals surface area contributed by atoms with E-state index in [1.807, 2.05) is 4.90 Å². The van der Waals surface area contributed by atoms with Crippen LogP contribution in [0.3, 0.4) is 0 Å². The lowest BCUT2D eigenvalue weighted by Crippen LogP contribution is -2.40. The molecule has 1 fully saturated rings. The Hall–Kier alpha value is -3.44. The minimum Gasteiger partial charge on any atom is -0.383 e. The zero-order chi connectivity index (χ0) is 23.1. The van der Waals surface area contributed by atoms with Crippen LogP contribution in [0.2, 0.25) is 0 Å². The third-order valence-corrected chi connectivity index (χ3v) is 9.07. The lowest BCUT2D eigenvalue weighted by molar-refractivity contribution is -0.116. The van der Waals surface area contributed by atoms with Gasteiger partial charge in [0.25, 0.3) is 0 Å². The number of rotatable bonds is 1. The van der Waals surface area contributed by atoms with Crippen LogP contribution in [0.15, 0.2) is 51.9 Å². The van der Waals surface area contributed by atoms with Crippen LogP contribution in [-0.2, 0) is 4.79 Å². The van der Waals surface area contributed by atoms with Gasteiger partial charge in [0, 0.05) is 36.3 Å². The molecule has 34 heavy (non-hydrogen) atoms. The molecule has 0 saturated carbocycles. The van der Waals surface area contributed by atoms with E-state index in [1.165, 1.54) is 22.7 Å². The number of carbonyl (C=O) groups is 1. The number of anilines is 2. The number of carbonyl (C=O) groups excluding carboxylic acids is 1. The van der Waals surface area contributed by atoms with Crippen LogP contribution in [0.1, 0.15) is 60.6 Å². The number of Topliss-reactive ketones (excluding diaryl/α,β-unsaturated/α-hetero) is 1. The van der Waals surface area contributed by atoms with Gasteiger partial charge in [0.15, 0.2) is 11.6 Å². The van der Waals surface area contributed by atoms with Crippen molar-refractivity contribution in [1.29, 1.82) is 5.26 Å². The summed E-state index contributed by atoms with van der Waals surface area (Å²) in [5.74, 6) is 0.387. The van der Waals surface area contributed by atoms with Crippen LogP contribution in [0.25, 0.3) is 0 Å². The summed E-state index contributed by atoms with van der Waals surface area (Å²) in [4.78, 5) is 22.6. The normalized spacial score (nSPS) is 23.4. The highest BCUT2D eigenvalue weighted by Crippen LogP contribution is 2.57. The number of allylic oxidation sites excluding steroid dienone is 3. The first kappa shape index (κ1) is 20.0. The molecule has 2 aromatic rings. The van der Waals surface area contributed by atoms with Crippen LogP contribution in [0, 0.1) is 17.1 Å². The van der Waals surface area contributed by atoms with Crippen LogP contribution in [-0.4, -0.2) is 24.7 Å². The second kappa shape index (κ2) is 7.03. The average molecular weight is 472 g/mol. The number of amidine groups is 1. The molecule has 2 N–H and O–H groups in total. The third kappa shape index (κ3) is 2.53. The van der Waals surface area contributed by atoms with E-state index >= 15 is 0 Å². The maximum Gasteiger partial charge on any atom is 0.161 e. The van der Waals surface area contributed by atoms with Crippen molar-refractivity contribution in [2.24, 2.45) is 10.7 Å². The summed E-state index contributed by atoms with van der Waals surface area (Å²) in [5, 5.41) is 12.5. The highest BCUT2D eigenvalue weighted by molar-refractivity contribution is 7.21. The van der Waals surface area contributed by atoms with Crippen LogP contribution in [0.4, 0.5) is 14.4 Å². The number of fused-ring (bicyclic) bond motifs is 6. The molecule has 1 atom stereocenters. The van der Waals surface area contributed by atoms with E-state index in [0.717, 1.165) is 48.6 Å². The molecule has 2 bridgehead atoms. The fourth-order valence-corrected chi connectivity index (χ4v) is 7.85. The topological polar surface area (TPSA) is 85.7 Å². The highest BCUT2D eigenvalue weighted by atomic mass is 32.1. The average Bonchev–Trinajstić information content (AvgIpc) is 3.27. The minimum atomic E-state index is -0.637. The van der Waals surface area contributed by atoms with Crippen molar-refractivity contribution in [3.8, 4) is 6.07 Å². The fraction of sp³-hybridized carbons (Fsp3) is 0.346. The lowest BCUT2D eigenvalue weighted by Gasteiger charge is -2.41. The Morgan fingerprint density at radius 1 is 1.21 bits per heavy atom. The first-order valence-corrected chi connectivity index (χ1v) is 12.6. The molecule has 0 unspecified atom stereocenters. The zero-order valence-corrected chi connectivity index (χ0v) is 19.3. The van der Waals surface area contributed by atoms with E-state index in [0.29, 0.717) is 47.1 Å². The van der Waals surface area contributed by atoms with Gasteiger partial charge in [0.05, 0.1) is 28.1 Å². The van der Waals surface area contributed by atoms with Gasteiger partial charge < -0.3 is 10.6 Å². The Morgan fingerprint density at radius 2 is 2.03 bits per heavy atom. The number of thiophene rings is 1. The lowest BCUT2D eigenvalue weighted by atomic mass is 9.75. The predicted octanol–water partition coefficient (Wildman–Crippen LogP) is 4.65. The second-order valence-electron chi connectivity index (χ2n) is 9.57. The zero-order valence-electron chi connectivity index (χ0n) is 18.5. The van der Waals surface area contributed by atoms with Gasteiger partial charge in [-0.1, -0.05) is 23.5 Å². The van der Waals surface area contributed by atoms with Crippen molar-refractivity contribution >= 4 is 33.0 Å². The quantitative estimate of drug-likeness (QED) is 0.654. The van der Waals surface area contributed by atoms with Gasteiger partial charge in [-0.25, -0.2) is 9.38 Å². The van der Waals surface area contributed by atoms with Crippen LogP contribution < -0.4 is 15.5 Å². The van der Waals surface area contributed by atoms with Gasteiger partial charge in [0.1, 0.15) is 16.7 Å². The minimum absolute atomic E-state index is 0.0246. The standard InChI is InChI=1S/C26H22FN5OS/c27-15-4-1-3-14(11-15)19-16(12-28)24-30-23(29)22-20-13-7-9-31(10-8-13)25(20)34-26(22)32(24)17-5-2-6-18(33)21(17)19/h1,3-4,11,13,19H,2,5-10H2,(H2,29,30)/t19-/m1/s1. The molecule has 170 valence electrons. The summed E-state index contributed by atoms with van der Waals surface area (Å²) >= 11 is 1.70. The first-order valence-electron chi connectivity index (χ1n) is 11.8. The number of hydrogen-bond acceptors (Lipinski definition) is 7. The van der Waals surface area contributed by atoms with Crippen molar-refractivity contribution in [3.05, 3.63) is 69.4 Å². The van der Waals surface area contributed by atoms with E-state index in [2.05, 4.69) is 11.0 Å². The summed E-state index contributed by atoms with van der Waals surface area (Å²) < 4.78 is 14.2. The summed E-state index contributed by atoms with van der Waals surface area (Å²) in [6, 6.07) is 8.52. The van der Waals surface area contributed by atoms with E-state index in [4.69, 9.17) is 10.7 Å². The predicted molar refractivity (Wildman–Crippen MR) is 129 cm³/mol. The molecule has 0 spiro atoms. The van der Waals surface area contributed by atoms with E-state index in [-0.39, 0.29) is 5.78 Å². The molecule has 1 aromatic heterocycles. The molecule has 1 aliphatic carbocycles. The third-order valence-electron chi connectivity index (χ3n) is 7.81. The molecule has 0 radical (unpaired) electrons. The van der Waals surface area contributed by atoms with E-state index in [1.54, 1.807) is 23.5 Å². The fourth-order valence-electron chi connectivity index (χ4n) is 6.37. The van der Waals surface area contributed by atoms with Crippen molar-refractivity contribution in [2.45, 2.75) is 43.9 Å². The monoisotopic (exact) mass is 471 g/mol. The number of halogens is 1. The van der Waals surface area contributed by atoms with Gasteiger partial charge in [-0.2, -0.15) is 5.26 Å². The molecule has 6 aliphatic rings. The van der Waals surface area contributed by atoms with Gasteiger partial charge in [-0.05, 0) is 49.3 Å². The van der Waals surface area contributed by atoms with E-state index in [9.17, 15) is 14.4 Å². The summed E-state index contributed by atoms with van der Waals surface area (Å²) in [5.41, 5.74) is 11.3. The van der Waals surface area contributed by atoms with E-state index < -0.39 is 11.7 Å². The Morgan fingerprint density at radius 3 is 2.79 bits per heavy atom. The second-order valence-corrected chi connectivity index (χ2v) is 10.5. The number of nitrogens with two attached hydrogens (primary N) is 1. The van der Waals surface area contributed by atoms with Crippen molar-refractivity contribution in [1.82, 2.24) is 0 Å². The number of aliphatic imine (C=N–C) groups is 1.